The van der Waals surface area contributed by atoms with E-state index in [2.05, 4.69) is 11.9 Å². The van der Waals surface area contributed by atoms with E-state index in [9.17, 15) is 14.9 Å². The van der Waals surface area contributed by atoms with Gasteiger partial charge in [0.05, 0.1) is 12.2 Å². The largest absolute Gasteiger partial charge is 0.489 e. The predicted molar refractivity (Wildman–Crippen MR) is 112 cm³/mol. The zero-order valence-electron chi connectivity index (χ0n) is 15.8. The normalized spacial score (nSPS) is 10.6. The molecule has 0 saturated carbocycles. The molecule has 0 aromatic heterocycles. The number of ether oxygens (including phenoxy) is 2. The molecule has 1 N–H and O–H groups in total. The second kappa shape index (κ2) is 10.7. The first-order valence-corrected chi connectivity index (χ1v) is 9.09. The highest BCUT2D eigenvalue weighted by molar-refractivity contribution is 6.30. The summed E-state index contributed by atoms with van der Waals surface area (Å²) in [6, 6.07) is 12.9. The fourth-order valence-corrected chi connectivity index (χ4v) is 2.50. The number of nitrogens with zero attached hydrogens (tertiary/aromatic N) is 1. The molecule has 2 rings (SSSR count). The van der Waals surface area contributed by atoms with Crippen molar-refractivity contribution in [2.45, 2.75) is 6.92 Å². The second-order valence-electron chi connectivity index (χ2n) is 5.70. The van der Waals surface area contributed by atoms with Gasteiger partial charge in [0.2, 0.25) is 0 Å². The fourth-order valence-electron chi connectivity index (χ4n) is 2.32. The summed E-state index contributed by atoms with van der Waals surface area (Å²) in [6.45, 7) is 5.85. The maximum atomic E-state index is 12.5. The average Bonchev–Trinajstić information content (AvgIpc) is 2.72. The van der Waals surface area contributed by atoms with Crippen LogP contribution in [0.5, 0.6) is 5.75 Å². The van der Waals surface area contributed by atoms with Crippen molar-refractivity contribution in [1.29, 1.82) is 5.26 Å². The van der Waals surface area contributed by atoms with Crippen LogP contribution in [0.1, 0.15) is 22.8 Å². The lowest BCUT2D eigenvalue weighted by atomic mass is 10.1. The summed E-state index contributed by atoms with van der Waals surface area (Å²) in [5.41, 5.74) is 1.15. The number of carbonyl (C=O) groups excluding carboxylic acids is 2. The Morgan fingerprint density at radius 2 is 1.97 bits per heavy atom. The van der Waals surface area contributed by atoms with E-state index in [1.165, 1.54) is 18.2 Å². The summed E-state index contributed by atoms with van der Waals surface area (Å²) in [6.07, 6.45) is 2.98. The highest BCUT2D eigenvalue weighted by atomic mass is 35.5. The van der Waals surface area contributed by atoms with Crippen molar-refractivity contribution >= 4 is 35.2 Å². The Bertz CT molecular complexity index is 975. The highest BCUT2D eigenvalue weighted by Gasteiger charge is 2.13. The van der Waals surface area contributed by atoms with Crippen molar-refractivity contribution in [2.75, 3.05) is 18.5 Å². The lowest BCUT2D eigenvalue weighted by Gasteiger charge is -2.09. The molecule has 0 fully saturated rings. The van der Waals surface area contributed by atoms with Gasteiger partial charge in [-0.2, -0.15) is 5.26 Å². The Morgan fingerprint density at radius 3 is 2.59 bits per heavy atom. The molecular formula is C22H19ClN2O4. The number of esters is 1. The zero-order chi connectivity index (χ0) is 21.2. The molecule has 1 amide bonds. The number of hydrogen-bond donors (Lipinski definition) is 1. The van der Waals surface area contributed by atoms with Crippen molar-refractivity contribution in [3.8, 4) is 11.8 Å². The Balaban J connectivity index is 2.21. The first-order valence-electron chi connectivity index (χ1n) is 8.72. The van der Waals surface area contributed by atoms with Crippen LogP contribution in [-0.4, -0.2) is 25.1 Å². The maximum absolute atomic E-state index is 12.5. The van der Waals surface area contributed by atoms with Gasteiger partial charge in [0.15, 0.2) is 0 Å². The van der Waals surface area contributed by atoms with Crippen LogP contribution in [0.3, 0.4) is 0 Å². The van der Waals surface area contributed by atoms with Crippen LogP contribution in [0.25, 0.3) is 6.08 Å². The van der Waals surface area contributed by atoms with E-state index in [1.807, 2.05) is 6.07 Å². The zero-order valence-corrected chi connectivity index (χ0v) is 16.5. The molecule has 2 aromatic carbocycles. The third-order valence-electron chi connectivity index (χ3n) is 3.65. The molecule has 0 unspecified atom stereocenters. The lowest BCUT2D eigenvalue weighted by Crippen LogP contribution is -2.14. The molecule has 0 radical (unpaired) electrons. The predicted octanol–water partition coefficient (Wildman–Crippen LogP) is 4.63. The summed E-state index contributed by atoms with van der Waals surface area (Å²) >= 11 is 6.02. The minimum Gasteiger partial charge on any atom is -0.489 e. The average molecular weight is 411 g/mol. The summed E-state index contributed by atoms with van der Waals surface area (Å²) in [4.78, 5) is 24.2. The molecule has 0 bridgehead atoms. The minimum absolute atomic E-state index is 0.134. The summed E-state index contributed by atoms with van der Waals surface area (Å²) < 4.78 is 10.4. The van der Waals surface area contributed by atoms with E-state index in [0.717, 1.165) is 0 Å². The molecule has 2 aromatic rings. The van der Waals surface area contributed by atoms with Gasteiger partial charge in [-0.05, 0) is 55.5 Å². The molecule has 7 heteroatoms. The van der Waals surface area contributed by atoms with Gasteiger partial charge in [0.25, 0.3) is 5.91 Å². The molecule has 0 aliphatic carbocycles. The summed E-state index contributed by atoms with van der Waals surface area (Å²) in [7, 11) is 0. The number of anilines is 1. The van der Waals surface area contributed by atoms with E-state index in [4.69, 9.17) is 21.1 Å². The van der Waals surface area contributed by atoms with E-state index >= 15 is 0 Å². The van der Waals surface area contributed by atoms with Gasteiger partial charge in [-0.15, -0.1) is 0 Å². The molecule has 0 heterocycles. The van der Waals surface area contributed by atoms with Crippen LogP contribution >= 0.6 is 11.6 Å². The van der Waals surface area contributed by atoms with E-state index in [-0.39, 0.29) is 18.8 Å². The van der Waals surface area contributed by atoms with E-state index in [1.54, 1.807) is 43.3 Å². The minimum atomic E-state index is -0.606. The van der Waals surface area contributed by atoms with Gasteiger partial charge in [-0.3, -0.25) is 4.79 Å². The van der Waals surface area contributed by atoms with Gasteiger partial charge in [-0.1, -0.05) is 24.3 Å². The molecule has 0 aliphatic rings. The van der Waals surface area contributed by atoms with Crippen molar-refractivity contribution in [1.82, 2.24) is 0 Å². The Labute approximate surface area is 174 Å². The quantitative estimate of drug-likeness (QED) is 0.296. The lowest BCUT2D eigenvalue weighted by molar-refractivity contribution is -0.112. The molecule has 0 spiro atoms. The van der Waals surface area contributed by atoms with E-state index < -0.39 is 11.9 Å². The van der Waals surface area contributed by atoms with Gasteiger partial charge in [-0.25, -0.2) is 4.79 Å². The van der Waals surface area contributed by atoms with Crippen LogP contribution in [-0.2, 0) is 9.53 Å². The molecule has 0 saturated heterocycles. The number of nitrogens with one attached hydrogen (secondary N) is 1. The van der Waals surface area contributed by atoms with Crippen LogP contribution in [0.4, 0.5) is 5.69 Å². The number of carbonyl (C=O) groups is 2. The topological polar surface area (TPSA) is 88.4 Å². The molecule has 6 nitrogen and oxygen atoms in total. The van der Waals surface area contributed by atoms with Gasteiger partial charge < -0.3 is 14.8 Å². The van der Waals surface area contributed by atoms with Crippen molar-refractivity contribution < 1.29 is 19.1 Å². The van der Waals surface area contributed by atoms with Gasteiger partial charge in [0.1, 0.15) is 24.0 Å². The van der Waals surface area contributed by atoms with Crippen LogP contribution in [0.2, 0.25) is 5.02 Å². The van der Waals surface area contributed by atoms with Gasteiger partial charge >= 0.3 is 5.97 Å². The first-order chi connectivity index (χ1) is 14.0. The molecule has 0 aliphatic heterocycles. The first kappa shape index (κ1) is 21.7. The van der Waals surface area contributed by atoms with Crippen molar-refractivity contribution in [3.05, 3.63) is 76.8 Å². The Morgan fingerprint density at radius 1 is 1.24 bits per heavy atom. The maximum Gasteiger partial charge on any atom is 0.338 e. The summed E-state index contributed by atoms with van der Waals surface area (Å²) in [5.74, 6) is -0.587. The number of halogens is 1. The molecule has 29 heavy (non-hydrogen) atoms. The third-order valence-corrected chi connectivity index (χ3v) is 3.88. The molecular weight excluding hydrogens is 392 g/mol. The highest BCUT2D eigenvalue weighted by Crippen LogP contribution is 2.25. The van der Waals surface area contributed by atoms with Gasteiger partial charge in [0, 0.05) is 16.3 Å². The number of benzene rings is 2. The number of rotatable bonds is 8. The van der Waals surface area contributed by atoms with Crippen molar-refractivity contribution in [3.63, 3.8) is 0 Å². The Hall–Kier alpha value is -3.56. The molecule has 148 valence electrons. The SMILES string of the molecule is C=CCOc1ccc(Cl)cc1/C=C(\C#N)C(=O)Nc1ccc(C(=O)OCC)cc1. The smallest absolute Gasteiger partial charge is 0.338 e. The van der Waals surface area contributed by atoms with Crippen LogP contribution < -0.4 is 10.1 Å². The van der Waals surface area contributed by atoms with Crippen molar-refractivity contribution in [2.24, 2.45) is 0 Å². The molecule has 0 atom stereocenters. The number of nitriles is 1. The Kier molecular flexibility index (Phi) is 8.01. The fraction of sp³-hybridized carbons (Fsp3) is 0.136. The number of amides is 1. The monoisotopic (exact) mass is 410 g/mol. The summed E-state index contributed by atoms with van der Waals surface area (Å²) in [5, 5.41) is 12.5. The van der Waals surface area contributed by atoms with Crippen LogP contribution in [0.15, 0.2) is 60.7 Å². The van der Waals surface area contributed by atoms with Crippen LogP contribution in [0, 0.1) is 11.3 Å². The standard InChI is InChI=1S/C22H19ClN2O4/c1-3-11-29-20-10-7-18(23)13-16(20)12-17(14-24)21(26)25-19-8-5-15(6-9-19)22(27)28-4-2/h3,5-10,12-13H,1,4,11H2,2H3,(H,25,26)/b17-12+. The second-order valence-corrected chi connectivity index (χ2v) is 6.14. The van der Waals surface area contributed by atoms with E-state index in [0.29, 0.717) is 27.6 Å². The third kappa shape index (κ3) is 6.23. The number of hydrogen-bond acceptors (Lipinski definition) is 5.